The van der Waals surface area contributed by atoms with Crippen LogP contribution in [0.15, 0.2) is 78.9 Å². The third-order valence-electron chi connectivity index (χ3n) is 5.98. The number of halogens is 1. The van der Waals surface area contributed by atoms with Gasteiger partial charge in [0.2, 0.25) is 0 Å². The quantitative estimate of drug-likeness (QED) is 0.253. The number of aryl methyl sites for hydroxylation is 1. The molecule has 188 valence electrons. The molecule has 0 amide bonds. The number of rotatable bonds is 15. The van der Waals surface area contributed by atoms with E-state index in [9.17, 15) is 10.2 Å². The summed E-state index contributed by atoms with van der Waals surface area (Å²) in [5.41, 5.74) is 3.03. The van der Waals surface area contributed by atoms with Crippen molar-refractivity contribution in [1.29, 1.82) is 0 Å². The number of ether oxygens (including phenoxy) is 2. The SMILES string of the molecule is CCOCCOc1ccc(CCC(c2cccc(Cl)c2)C(O)CNC[C@H](O)c2ccccc2)cc1. The molecule has 0 radical (unpaired) electrons. The van der Waals surface area contributed by atoms with Gasteiger partial charge in [-0.1, -0.05) is 66.2 Å². The first-order chi connectivity index (χ1) is 17.1. The fourth-order valence-electron chi connectivity index (χ4n) is 4.06. The van der Waals surface area contributed by atoms with Gasteiger partial charge in [-0.3, -0.25) is 0 Å². The summed E-state index contributed by atoms with van der Waals surface area (Å²) < 4.78 is 11.0. The van der Waals surface area contributed by atoms with E-state index in [2.05, 4.69) is 17.4 Å². The predicted molar refractivity (Wildman–Crippen MR) is 141 cm³/mol. The summed E-state index contributed by atoms with van der Waals surface area (Å²) in [6.45, 7) is 4.50. The molecule has 6 heteroatoms. The molecule has 0 fully saturated rings. The highest BCUT2D eigenvalue weighted by Gasteiger charge is 2.22. The van der Waals surface area contributed by atoms with E-state index in [1.54, 1.807) is 0 Å². The maximum absolute atomic E-state index is 11.1. The molecule has 0 heterocycles. The molecule has 3 aromatic rings. The zero-order chi connectivity index (χ0) is 24.9. The summed E-state index contributed by atoms with van der Waals surface area (Å²) in [4.78, 5) is 0. The van der Waals surface area contributed by atoms with Crippen molar-refractivity contribution < 1.29 is 19.7 Å². The van der Waals surface area contributed by atoms with Crippen molar-refractivity contribution in [3.8, 4) is 5.75 Å². The maximum atomic E-state index is 11.1. The molecule has 3 atom stereocenters. The first-order valence-electron chi connectivity index (χ1n) is 12.2. The second kappa shape index (κ2) is 14.9. The Labute approximate surface area is 213 Å². The lowest BCUT2D eigenvalue weighted by Crippen LogP contribution is -2.34. The Balaban J connectivity index is 1.56. The standard InChI is InChI=1S/C29H36ClNO4/c1-2-34-17-18-35-26-14-11-22(12-15-26)13-16-27(24-9-6-10-25(30)19-24)29(33)21-31-20-28(32)23-7-4-3-5-8-23/h3-12,14-15,19,27-29,31-33H,2,13,16-18,20-21H2,1H3/t27?,28-,29?/m0/s1. The van der Waals surface area contributed by atoms with Crippen molar-refractivity contribution in [2.75, 3.05) is 32.9 Å². The summed E-state index contributed by atoms with van der Waals surface area (Å²) in [6.07, 6.45) is 0.314. The van der Waals surface area contributed by atoms with E-state index in [-0.39, 0.29) is 5.92 Å². The molecule has 3 N–H and O–H groups in total. The van der Waals surface area contributed by atoms with Gasteiger partial charge in [-0.2, -0.15) is 0 Å². The molecule has 5 nitrogen and oxygen atoms in total. The lowest BCUT2D eigenvalue weighted by molar-refractivity contribution is 0.110. The number of nitrogens with one attached hydrogen (secondary N) is 1. The Hall–Kier alpha value is -2.41. The van der Waals surface area contributed by atoms with Crippen molar-refractivity contribution in [3.63, 3.8) is 0 Å². The van der Waals surface area contributed by atoms with Crippen LogP contribution in [0.25, 0.3) is 0 Å². The molecule has 35 heavy (non-hydrogen) atoms. The van der Waals surface area contributed by atoms with Crippen LogP contribution >= 0.6 is 11.6 Å². The van der Waals surface area contributed by atoms with E-state index in [1.807, 2.05) is 73.7 Å². The predicted octanol–water partition coefficient (Wildman–Crippen LogP) is 5.16. The van der Waals surface area contributed by atoms with Gasteiger partial charge in [0.05, 0.1) is 18.8 Å². The van der Waals surface area contributed by atoms with Crippen molar-refractivity contribution in [1.82, 2.24) is 5.32 Å². The van der Waals surface area contributed by atoms with Gasteiger partial charge in [0.25, 0.3) is 0 Å². The molecule has 0 aliphatic carbocycles. The van der Waals surface area contributed by atoms with E-state index >= 15 is 0 Å². The lowest BCUT2D eigenvalue weighted by atomic mass is 9.87. The number of aliphatic hydroxyl groups is 2. The highest BCUT2D eigenvalue weighted by Crippen LogP contribution is 2.28. The van der Waals surface area contributed by atoms with Gasteiger partial charge in [0, 0.05) is 30.6 Å². The molecule has 3 aromatic carbocycles. The average Bonchev–Trinajstić information content (AvgIpc) is 2.88. The Bertz CT molecular complexity index is 983. The Morgan fingerprint density at radius 3 is 2.31 bits per heavy atom. The molecule has 0 aliphatic rings. The summed E-state index contributed by atoms with van der Waals surface area (Å²) in [7, 11) is 0. The first kappa shape index (κ1) is 27.2. The van der Waals surface area contributed by atoms with Crippen LogP contribution in [0.4, 0.5) is 0 Å². The smallest absolute Gasteiger partial charge is 0.119 e. The van der Waals surface area contributed by atoms with E-state index in [4.69, 9.17) is 21.1 Å². The Morgan fingerprint density at radius 1 is 0.857 bits per heavy atom. The van der Waals surface area contributed by atoms with Gasteiger partial charge in [-0.05, 0) is 60.7 Å². The second-order valence-corrected chi connectivity index (χ2v) is 8.98. The van der Waals surface area contributed by atoms with Crippen LogP contribution in [-0.4, -0.2) is 49.2 Å². The summed E-state index contributed by atoms with van der Waals surface area (Å²) >= 11 is 6.25. The van der Waals surface area contributed by atoms with Crippen molar-refractivity contribution in [3.05, 3.63) is 101 Å². The highest BCUT2D eigenvalue weighted by atomic mass is 35.5. The average molecular weight is 498 g/mol. The van der Waals surface area contributed by atoms with Gasteiger partial charge < -0.3 is 25.0 Å². The first-order valence-corrected chi connectivity index (χ1v) is 12.6. The normalized spacial score (nSPS) is 13.8. The molecule has 0 saturated heterocycles. The summed E-state index contributed by atoms with van der Waals surface area (Å²) in [5.74, 6) is 0.721. The van der Waals surface area contributed by atoms with E-state index in [1.165, 1.54) is 5.56 Å². The fraction of sp³-hybridized carbons (Fsp3) is 0.379. The van der Waals surface area contributed by atoms with Crippen LogP contribution in [0.5, 0.6) is 5.75 Å². The monoisotopic (exact) mass is 497 g/mol. The fourth-order valence-corrected chi connectivity index (χ4v) is 4.26. The van der Waals surface area contributed by atoms with Crippen LogP contribution < -0.4 is 10.1 Å². The third-order valence-corrected chi connectivity index (χ3v) is 6.22. The number of aliphatic hydroxyl groups excluding tert-OH is 2. The molecule has 0 aromatic heterocycles. The molecule has 0 bridgehead atoms. The van der Waals surface area contributed by atoms with Gasteiger partial charge in [0.1, 0.15) is 12.4 Å². The number of benzene rings is 3. The minimum Gasteiger partial charge on any atom is -0.491 e. The van der Waals surface area contributed by atoms with Crippen LogP contribution in [0.3, 0.4) is 0 Å². The minimum atomic E-state index is -0.627. The molecular formula is C29H36ClNO4. The van der Waals surface area contributed by atoms with Crippen molar-refractivity contribution >= 4 is 11.6 Å². The molecular weight excluding hydrogens is 462 g/mol. The maximum Gasteiger partial charge on any atom is 0.119 e. The zero-order valence-electron chi connectivity index (χ0n) is 20.3. The molecule has 0 spiro atoms. The Kier molecular flexibility index (Phi) is 11.5. The third kappa shape index (κ3) is 9.28. The van der Waals surface area contributed by atoms with E-state index in [0.717, 1.165) is 29.7 Å². The molecule has 0 saturated carbocycles. The highest BCUT2D eigenvalue weighted by molar-refractivity contribution is 6.30. The Morgan fingerprint density at radius 2 is 1.60 bits per heavy atom. The number of hydrogen-bond acceptors (Lipinski definition) is 5. The van der Waals surface area contributed by atoms with Crippen molar-refractivity contribution in [2.45, 2.75) is 37.9 Å². The lowest BCUT2D eigenvalue weighted by Gasteiger charge is -2.25. The van der Waals surface area contributed by atoms with Crippen LogP contribution in [0.2, 0.25) is 5.02 Å². The van der Waals surface area contributed by atoms with Gasteiger partial charge in [-0.25, -0.2) is 0 Å². The number of hydrogen-bond donors (Lipinski definition) is 3. The van der Waals surface area contributed by atoms with E-state index < -0.39 is 12.2 Å². The van der Waals surface area contributed by atoms with Gasteiger partial charge in [0.15, 0.2) is 0 Å². The molecule has 3 rings (SSSR count). The molecule has 0 aliphatic heterocycles. The summed E-state index contributed by atoms with van der Waals surface area (Å²) in [5, 5.41) is 25.4. The zero-order valence-corrected chi connectivity index (χ0v) is 21.0. The van der Waals surface area contributed by atoms with Gasteiger partial charge >= 0.3 is 0 Å². The largest absolute Gasteiger partial charge is 0.491 e. The van der Waals surface area contributed by atoms with Gasteiger partial charge in [-0.15, -0.1) is 0 Å². The topological polar surface area (TPSA) is 71.0 Å². The van der Waals surface area contributed by atoms with Crippen molar-refractivity contribution in [2.24, 2.45) is 0 Å². The van der Waals surface area contributed by atoms with Crippen LogP contribution in [0.1, 0.15) is 42.1 Å². The minimum absolute atomic E-state index is 0.0998. The van der Waals surface area contributed by atoms with Crippen LogP contribution in [-0.2, 0) is 11.2 Å². The molecule has 2 unspecified atom stereocenters. The summed E-state index contributed by atoms with van der Waals surface area (Å²) in [6, 6.07) is 25.3. The van der Waals surface area contributed by atoms with Crippen LogP contribution in [0, 0.1) is 0 Å². The van der Waals surface area contributed by atoms with E-state index in [0.29, 0.717) is 37.9 Å². The second-order valence-electron chi connectivity index (χ2n) is 8.54.